The number of nitrogens with one attached hydrogen (secondary N) is 1. The van der Waals surface area contributed by atoms with Gasteiger partial charge in [-0.1, -0.05) is 37.3 Å². The fourth-order valence-electron chi connectivity index (χ4n) is 4.06. The van der Waals surface area contributed by atoms with E-state index in [1.807, 2.05) is 38.1 Å². The van der Waals surface area contributed by atoms with E-state index in [-0.39, 0.29) is 5.57 Å². The fraction of sp³-hybridized carbons (Fsp3) is 0.233. The van der Waals surface area contributed by atoms with Crippen LogP contribution in [0.3, 0.4) is 0 Å². The number of hydrogen-bond donors (Lipinski definition) is 1. The van der Waals surface area contributed by atoms with Crippen molar-refractivity contribution in [2.75, 3.05) is 11.5 Å². The number of nitrogens with zero attached hydrogens (tertiary/aromatic N) is 1. The Hall–Kier alpha value is -3.66. The molecule has 38 heavy (non-hydrogen) atoms. The van der Waals surface area contributed by atoms with Crippen LogP contribution in [0.15, 0.2) is 60.2 Å². The van der Waals surface area contributed by atoms with Gasteiger partial charge in [0.2, 0.25) is 0 Å². The van der Waals surface area contributed by atoms with Crippen LogP contribution in [0.25, 0.3) is 6.08 Å². The van der Waals surface area contributed by atoms with Crippen molar-refractivity contribution in [1.29, 1.82) is 0 Å². The minimum atomic E-state index is -0.777. The number of halogens is 1. The third-order valence-corrected chi connectivity index (χ3v) is 7.10. The highest BCUT2D eigenvalue weighted by atomic mass is 127. The predicted molar refractivity (Wildman–Crippen MR) is 155 cm³/mol. The number of hydrogen-bond acceptors (Lipinski definition) is 5. The standard InChI is InChI=1S/C30H29IN2O5/c1-5-20-9-11-23(12-10-20)33-29(35)24(28(34)32-30(33)36)14-22-15-25(31)27(26(16-22)37-6-2)38-17-21-8-7-18(3)19(4)13-21/h7-16H,5-6,17H2,1-4H3,(H,32,34,36)/b24-14+. The van der Waals surface area contributed by atoms with Gasteiger partial charge in [-0.15, -0.1) is 0 Å². The van der Waals surface area contributed by atoms with Crippen molar-refractivity contribution >= 4 is 52.2 Å². The summed E-state index contributed by atoms with van der Waals surface area (Å²) in [7, 11) is 0. The normalized spacial score (nSPS) is 14.6. The van der Waals surface area contributed by atoms with Gasteiger partial charge < -0.3 is 9.47 Å². The maximum absolute atomic E-state index is 13.3. The lowest BCUT2D eigenvalue weighted by atomic mass is 10.1. The number of carbonyl (C=O) groups excluding carboxylic acids is 3. The largest absolute Gasteiger partial charge is 0.490 e. The third-order valence-electron chi connectivity index (χ3n) is 6.30. The van der Waals surface area contributed by atoms with Gasteiger partial charge in [-0.2, -0.15) is 0 Å². The number of ether oxygens (including phenoxy) is 2. The topological polar surface area (TPSA) is 84.9 Å². The summed E-state index contributed by atoms with van der Waals surface area (Å²) < 4.78 is 12.8. The van der Waals surface area contributed by atoms with Gasteiger partial charge >= 0.3 is 6.03 Å². The highest BCUT2D eigenvalue weighted by molar-refractivity contribution is 14.1. The second kappa shape index (κ2) is 11.8. The van der Waals surface area contributed by atoms with E-state index >= 15 is 0 Å². The van der Waals surface area contributed by atoms with E-state index in [9.17, 15) is 14.4 Å². The van der Waals surface area contributed by atoms with Crippen LogP contribution in [0.4, 0.5) is 10.5 Å². The number of aryl methyl sites for hydroxylation is 3. The summed E-state index contributed by atoms with van der Waals surface area (Å²) in [5.74, 6) is -0.350. The molecule has 7 nitrogen and oxygen atoms in total. The van der Waals surface area contributed by atoms with Gasteiger partial charge in [-0.05, 0) is 108 Å². The first-order valence-corrected chi connectivity index (χ1v) is 13.4. The molecule has 4 amide bonds. The highest BCUT2D eigenvalue weighted by Crippen LogP contribution is 2.36. The van der Waals surface area contributed by atoms with Crippen LogP contribution >= 0.6 is 22.6 Å². The molecule has 0 bridgehead atoms. The van der Waals surface area contributed by atoms with Crippen LogP contribution in [0, 0.1) is 17.4 Å². The molecule has 0 spiro atoms. The molecule has 8 heteroatoms. The van der Waals surface area contributed by atoms with E-state index in [1.54, 1.807) is 18.2 Å². The Kier molecular flexibility index (Phi) is 8.51. The Morgan fingerprint density at radius 2 is 1.61 bits per heavy atom. The maximum Gasteiger partial charge on any atom is 0.335 e. The number of barbiturate groups is 1. The van der Waals surface area contributed by atoms with Crippen molar-refractivity contribution < 1.29 is 23.9 Å². The number of anilines is 1. The van der Waals surface area contributed by atoms with Crippen LogP contribution in [0.5, 0.6) is 11.5 Å². The zero-order valence-electron chi connectivity index (χ0n) is 21.8. The third kappa shape index (κ3) is 5.91. The molecule has 1 fully saturated rings. The Morgan fingerprint density at radius 1 is 0.895 bits per heavy atom. The van der Waals surface area contributed by atoms with Crippen LogP contribution < -0.4 is 19.7 Å². The Balaban J connectivity index is 1.64. The number of amides is 4. The molecule has 0 unspecified atom stereocenters. The van der Waals surface area contributed by atoms with Gasteiger partial charge in [0.1, 0.15) is 12.2 Å². The maximum atomic E-state index is 13.3. The summed E-state index contributed by atoms with van der Waals surface area (Å²) in [6, 6.07) is 16.0. The van der Waals surface area contributed by atoms with Crippen molar-refractivity contribution in [2.45, 2.75) is 40.7 Å². The quantitative estimate of drug-likeness (QED) is 0.186. The fourth-order valence-corrected chi connectivity index (χ4v) is 4.84. The average Bonchev–Trinajstić information content (AvgIpc) is 2.88. The number of benzene rings is 3. The minimum absolute atomic E-state index is 0.147. The van der Waals surface area contributed by atoms with Crippen LogP contribution in [-0.2, 0) is 22.6 Å². The first kappa shape index (κ1) is 27.4. The van der Waals surface area contributed by atoms with Crippen LogP contribution in [0.2, 0.25) is 0 Å². The summed E-state index contributed by atoms with van der Waals surface area (Å²) in [5.41, 5.74) is 5.34. The van der Waals surface area contributed by atoms with Gasteiger partial charge in [0.15, 0.2) is 11.5 Å². The Bertz CT molecular complexity index is 1430. The molecule has 196 valence electrons. The van der Waals surface area contributed by atoms with Gasteiger partial charge in [-0.25, -0.2) is 9.69 Å². The highest BCUT2D eigenvalue weighted by Gasteiger charge is 2.36. The lowest BCUT2D eigenvalue weighted by Crippen LogP contribution is -2.54. The van der Waals surface area contributed by atoms with Gasteiger partial charge in [0.25, 0.3) is 11.8 Å². The molecular formula is C30H29IN2O5. The van der Waals surface area contributed by atoms with E-state index in [1.165, 1.54) is 17.2 Å². The summed E-state index contributed by atoms with van der Waals surface area (Å²) in [6.45, 7) is 8.80. The molecule has 0 aromatic heterocycles. The van der Waals surface area contributed by atoms with Crippen LogP contribution in [-0.4, -0.2) is 24.5 Å². The molecule has 1 saturated heterocycles. The molecule has 0 aliphatic carbocycles. The minimum Gasteiger partial charge on any atom is -0.490 e. The first-order chi connectivity index (χ1) is 18.2. The van der Waals surface area contributed by atoms with Crippen molar-refractivity contribution in [2.24, 2.45) is 0 Å². The molecule has 1 N–H and O–H groups in total. The molecule has 3 aromatic rings. The van der Waals surface area contributed by atoms with Crippen molar-refractivity contribution in [3.63, 3.8) is 0 Å². The van der Waals surface area contributed by atoms with Crippen molar-refractivity contribution in [3.8, 4) is 11.5 Å². The van der Waals surface area contributed by atoms with Gasteiger partial charge in [0, 0.05) is 0 Å². The van der Waals surface area contributed by atoms with E-state index in [0.717, 1.165) is 26.0 Å². The SMILES string of the molecule is CCOc1cc(/C=C2\C(=O)NC(=O)N(c3ccc(CC)cc3)C2=O)cc(I)c1OCc1ccc(C)c(C)c1. The number of imide groups is 2. The molecule has 4 rings (SSSR count). The smallest absolute Gasteiger partial charge is 0.335 e. The van der Waals surface area contributed by atoms with Gasteiger partial charge in [0.05, 0.1) is 15.9 Å². The molecule has 1 aliphatic heterocycles. The Morgan fingerprint density at radius 3 is 2.26 bits per heavy atom. The van der Waals surface area contributed by atoms with E-state index < -0.39 is 17.8 Å². The molecular weight excluding hydrogens is 595 g/mol. The van der Waals surface area contributed by atoms with E-state index in [4.69, 9.17) is 9.47 Å². The van der Waals surface area contributed by atoms with Crippen molar-refractivity contribution in [1.82, 2.24) is 5.32 Å². The summed E-state index contributed by atoms with van der Waals surface area (Å²) in [5, 5.41) is 2.27. The molecule has 1 heterocycles. The van der Waals surface area contributed by atoms with Gasteiger partial charge in [-0.3, -0.25) is 14.9 Å². The second-order valence-corrected chi connectivity index (χ2v) is 10.1. The molecule has 1 aliphatic rings. The second-order valence-electron chi connectivity index (χ2n) is 8.95. The monoisotopic (exact) mass is 624 g/mol. The first-order valence-electron chi connectivity index (χ1n) is 12.4. The Labute approximate surface area is 236 Å². The summed E-state index contributed by atoms with van der Waals surface area (Å²) in [6.07, 6.45) is 2.30. The number of rotatable bonds is 8. The molecule has 0 radical (unpaired) electrons. The van der Waals surface area contributed by atoms with E-state index in [0.29, 0.717) is 36.0 Å². The number of carbonyl (C=O) groups is 3. The lowest BCUT2D eigenvalue weighted by Gasteiger charge is -2.26. The summed E-state index contributed by atoms with van der Waals surface area (Å²) >= 11 is 2.15. The molecule has 0 atom stereocenters. The predicted octanol–water partition coefficient (Wildman–Crippen LogP) is 6.11. The molecule has 0 saturated carbocycles. The average molecular weight is 624 g/mol. The summed E-state index contributed by atoms with van der Waals surface area (Å²) in [4.78, 5) is 39.5. The lowest BCUT2D eigenvalue weighted by molar-refractivity contribution is -0.122. The van der Waals surface area contributed by atoms with E-state index in [2.05, 4.69) is 53.9 Å². The zero-order valence-corrected chi connectivity index (χ0v) is 23.9. The van der Waals surface area contributed by atoms with Crippen molar-refractivity contribution in [3.05, 3.63) is 91.6 Å². The molecule has 3 aromatic carbocycles. The van der Waals surface area contributed by atoms with Crippen LogP contribution in [0.1, 0.15) is 41.7 Å². The number of urea groups is 1. The zero-order chi connectivity index (χ0) is 27.4.